The van der Waals surface area contributed by atoms with Gasteiger partial charge in [0.1, 0.15) is 0 Å². The van der Waals surface area contributed by atoms with Crippen LogP contribution in [0.15, 0.2) is 12.3 Å². The first-order valence-electron chi connectivity index (χ1n) is 8.93. The van der Waals surface area contributed by atoms with Gasteiger partial charge in [0.25, 0.3) is 0 Å². The van der Waals surface area contributed by atoms with Gasteiger partial charge in [-0.25, -0.2) is 4.98 Å². The summed E-state index contributed by atoms with van der Waals surface area (Å²) in [6.45, 7) is 7.90. The standard InChI is InChI=1S/C17H27N5O3/c1-3-14-12-22(10-11-25-14)16(23)13-20-6-8-21(9-7-20)17-18-5-4-15(19-17)24-2/h4-5,14H,3,6-13H2,1-2H3/t14-/m0/s1. The molecule has 1 aromatic heterocycles. The molecule has 138 valence electrons. The minimum absolute atomic E-state index is 0.180. The van der Waals surface area contributed by atoms with E-state index in [9.17, 15) is 4.79 Å². The number of morpholine rings is 1. The number of methoxy groups -OCH3 is 1. The minimum atomic E-state index is 0.180. The highest BCUT2D eigenvalue weighted by Gasteiger charge is 2.26. The van der Waals surface area contributed by atoms with Gasteiger partial charge in [0.05, 0.1) is 26.4 Å². The van der Waals surface area contributed by atoms with Crippen molar-refractivity contribution in [3.63, 3.8) is 0 Å². The van der Waals surface area contributed by atoms with Crippen molar-refractivity contribution in [1.29, 1.82) is 0 Å². The normalized spacial score (nSPS) is 22.1. The first kappa shape index (κ1) is 17.9. The number of nitrogens with zero attached hydrogens (tertiary/aromatic N) is 5. The van der Waals surface area contributed by atoms with E-state index >= 15 is 0 Å². The Hall–Kier alpha value is -1.93. The summed E-state index contributed by atoms with van der Waals surface area (Å²) in [5.41, 5.74) is 0. The molecule has 2 saturated heterocycles. The summed E-state index contributed by atoms with van der Waals surface area (Å²) < 4.78 is 10.8. The SMILES string of the molecule is CC[C@H]1CN(C(=O)CN2CCN(c3nccc(OC)n3)CC2)CCO1. The Morgan fingerprint density at radius 1 is 1.32 bits per heavy atom. The third-order valence-electron chi connectivity index (χ3n) is 4.79. The maximum Gasteiger partial charge on any atom is 0.236 e. The number of aromatic nitrogens is 2. The average Bonchev–Trinajstić information content (AvgIpc) is 2.68. The fourth-order valence-corrected chi connectivity index (χ4v) is 3.19. The van der Waals surface area contributed by atoms with E-state index in [0.717, 1.165) is 32.6 Å². The molecule has 8 heteroatoms. The van der Waals surface area contributed by atoms with E-state index in [1.165, 1.54) is 0 Å². The molecule has 0 aromatic carbocycles. The third kappa shape index (κ3) is 4.58. The Kier molecular flexibility index (Phi) is 6.04. The van der Waals surface area contributed by atoms with Gasteiger partial charge in [0.2, 0.25) is 17.7 Å². The molecular weight excluding hydrogens is 322 g/mol. The smallest absolute Gasteiger partial charge is 0.236 e. The number of hydrogen-bond acceptors (Lipinski definition) is 7. The molecule has 8 nitrogen and oxygen atoms in total. The molecule has 3 rings (SSSR count). The molecule has 0 saturated carbocycles. The van der Waals surface area contributed by atoms with Crippen LogP contribution < -0.4 is 9.64 Å². The summed E-state index contributed by atoms with van der Waals surface area (Å²) >= 11 is 0. The molecule has 2 aliphatic rings. The monoisotopic (exact) mass is 349 g/mol. The lowest BCUT2D eigenvalue weighted by atomic mass is 10.2. The van der Waals surface area contributed by atoms with Crippen LogP contribution >= 0.6 is 0 Å². The highest BCUT2D eigenvalue weighted by atomic mass is 16.5. The first-order valence-corrected chi connectivity index (χ1v) is 8.93. The van der Waals surface area contributed by atoms with Gasteiger partial charge in [-0.15, -0.1) is 0 Å². The fourth-order valence-electron chi connectivity index (χ4n) is 3.19. The lowest BCUT2D eigenvalue weighted by Gasteiger charge is -2.37. The lowest BCUT2D eigenvalue weighted by Crippen LogP contribution is -2.53. The Balaban J connectivity index is 1.48. The molecule has 3 heterocycles. The van der Waals surface area contributed by atoms with E-state index in [4.69, 9.17) is 9.47 Å². The summed E-state index contributed by atoms with van der Waals surface area (Å²) in [7, 11) is 1.60. The van der Waals surface area contributed by atoms with Crippen molar-refractivity contribution in [2.75, 3.05) is 64.4 Å². The number of amides is 1. The van der Waals surface area contributed by atoms with Crippen LogP contribution in [0.3, 0.4) is 0 Å². The van der Waals surface area contributed by atoms with Crippen molar-refractivity contribution < 1.29 is 14.3 Å². The van der Waals surface area contributed by atoms with Crippen molar-refractivity contribution in [3.8, 4) is 5.88 Å². The van der Waals surface area contributed by atoms with Gasteiger partial charge in [-0.3, -0.25) is 9.69 Å². The van der Waals surface area contributed by atoms with E-state index < -0.39 is 0 Å². The molecule has 0 aliphatic carbocycles. The number of hydrogen-bond donors (Lipinski definition) is 0. The van der Waals surface area contributed by atoms with Crippen LogP contribution in [0.1, 0.15) is 13.3 Å². The third-order valence-corrected chi connectivity index (χ3v) is 4.79. The molecule has 2 fully saturated rings. The van der Waals surface area contributed by atoms with E-state index in [2.05, 4.69) is 26.7 Å². The molecule has 25 heavy (non-hydrogen) atoms. The number of rotatable bonds is 5. The number of anilines is 1. The van der Waals surface area contributed by atoms with Crippen LogP contribution in [0, 0.1) is 0 Å². The van der Waals surface area contributed by atoms with Gasteiger partial charge >= 0.3 is 0 Å². The summed E-state index contributed by atoms with van der Waals surface area (Å²) in [5, 5.41) is 0. The molecular formula is C17H27N5O3. The van der Waals surface area contributed by atoms with E-state index in [1.54, 1.807) is 19.4 Å². The Morgan fingerprint density at radius 3 is 2.84 bits per heavy atom. The highest BCUT2D eigenvalue weighted by molar-refractivity contribution is 5.78. The molecule has 1 aromatic rings. The molecule has 0 spiro atoms. The first-order chi connectivity index (χ1) is 12.2. The molecule has 1 amide bonds. The maximum atomic E-state index is 12.5. The predicted molar refractivity (Wildman–Crippen MR) is 93.8 cm³/mol. The predicted octanol–water partition coefficient (Wildman–Crippen LogP) is 0.245. The van der Waals surface area contributed by atoms with Gasteiger partial charge < -0.3 is 19.3 Å². The largest absolute Gasteiger partial charge is 0.481 e. The maximum absolute atomic E-state index is 12.5. The highest BCUT2D eigenvalue weighted by Crippen LogP contribution is 2.15. The number of piperazine rings is 1. The topological polar surface area (TPSA) is 71.0 Å². The number of carbonyl (C=O) groups excluding carboxylic acids is 1. The van der Waals surface area contributed by atoms with Gasteiger partial charge in [0, 0.05) is 51.5 Å². The number of carbonyl (C=O) groups is 1. The Bertz CT molecular complexity index is 577. The van der Waals surface area contributed by atoms with Crippen molar-refractivity contribution >= 4 is 11.9 Å². The van der Waals surface area contributed by atoms with Crippen molar-refractivity contribution in [2.24, 2.45) is 0 Å². The zero-order valence-electron chi connectivity index (χ0n) is 15.1. The van der Waals surface area contributed by atoms with E-state index in [-0.39, 0.29) is 12.0 Å². The quantitative estimate of drug-likeness (QED) is 0.754. The average molecular weight is 349 g/mol. The molecule has 0 radical (unpaired) electrons. The zero-order chi connectivity index (χ0) is 17.6. The second-order valence-electron chi connectivity index (χ2n) is 6.40. The number of ether oxygens (including phenoxy) is 2. The van der Waals surface area contributed by atoms with Crippen LogP contribution in [0.2, 0.25) is 0 Å². The van der Waals surface area contributed by atoms with Gasteiger partial charge in [-0.1, -0.05) is 6.92 Å². The molecule has 0 bridgehead atoms. The zero-order valence-corrected chi connectivity index (χ0v) is 15.1. The van der Waals surface area contributed by atoms with Crippen LogP contribution in [0.5, 0.6) is 5.88 Å². The van der Waals surface area contributed by atoms with Crippen LogP contribution in [0.4, 0.5) is 5.95 Å². The van der Waals surface area contributed by atoms with Crippen LogP contribution in [0.25, 0.3) is 0 Å². The summed E-state index contributed by atoms with van der Waals surface area (Å²) in [6, 6.07) is 1.74. The van der Waals surface area contributed by atoms with E-state index in [1.807, 2.05) is 4.90 Å². The molecule has 0 N–H and O–H groups in total. The van der Waals surface area contributed by atoms with Gasteiger partial charge in [-0.05, 0) is 6.42 Å². The minimum Gasteiger partial charge on any atom is -0.481 e. The molecule has 2 aliphatic heterocycles. The van der Waals surface area contributed by atoms with Gasteiger partial charge in [0.15, 0.2) is 0 Å². The van der Waals surface area contributed by atoms with Crippen molar-refractivity contribution in [2.45, 2.75) is 19.4 Å². The summed E-state index contributed by atoms with van der Waals surface area (Å²) in [6.07, 6.45) is 2.84. The second-order valence-corrected chi connectivity index (χ2v) is 6.40. The Morgan fingerprint density at radius 2 is 2.12 bits per heavy atom. The van der Waals surface area contributed by atoms with E-state index in [0.29, 0.717) is 38.1 Å². The van der Waals surface area contributed by atoms with Crippen LogP contribution in [-0.2, 0) is 9.53 Å². The summed E-state index contributed by atoms with van der Waals surface area (Å²) in [4.78, 5) is 27.5. The Labute approximate surface area is 148 Å². The second kappa shape index (κ2) is 8.44. The summed E-state index contributed by atoms with van der Waals surface area (Å²) in [5.74, 6) is 1.46. The molecule has 0 unspecified atom stereocenters. The molecule has 1 atom stereocenters. The lowest BCUT2D eigenvalue weighted by molar-refractivity contribution is -0.140. The fraction of sp³-hybridized carbons (Fsp3) is 0.706. The van der Waals surface area contributed by atoms with Crippen molar-refractivity contribution in [1.82, 2.24) is 19.8 Å². The van der Waals surface area contributed by atoms with Gasteiger partial charge in [-0.2, -0.15) is 4.98 Å². The van der Waals surface area contributed by atoms with Crippen molar-refractivity contribution in [3.05, 3.63) is 12.3 Å². The van der Waals surface area contributed by atoms with Crippen LogP contribution in [-0.4, -0.2) is 91.3 Å².